The number of aromatic nitrogens is 2. The molecular formula is C18H13N3O2. The van der Waals surface area contributed by atoms with Crippen molar-refractivity contribution in [1.82, 2.24) is 9.97 Å². The normalized spacial score (nSPS) is 11.1. The molecule has 5 nitrogen and oxygen atoms in total. The number of pyridine rings is 1. The van der Waals surface area contributed by atoms with Crippen LogP contribution in [0.5, 0.6) is 0 Å². The van der Waals surface area contributed by atoms with Crippen LogP contribution in [0.4, 0.5) is 5.69 Å². The average Bonchev–Trinajstić information content (AvgIpc) is 2.95. The largest absolute Gasteiger partial charge is 0.353 e. The van der Waals surface area contributed by atoms with Crippen molar-refractivity contribution in [3.63, 3.8) is 0 Å². The second kappa shape index (κ2) is 5.21. The van der Waals surface area contributed by atoms with Gasteiger partial charge in [0.1, 0.15) is 0 Å². The monoisotopic (exact) mass is 303 g/mol. The van der Waals surface area contributed by atoms with Crippen LogP contribution in [-0.2, 0) is 6.42 Å². The van der Waals surface area contributed by atoms with Crippen molar-refractivity contribution in [3.8, 4) is 0 Å². The van der Waals surface area contributed by atoms with E-state index in [0.29, 0.717) is 12.0 Å². The number of nitrogens with zero attached hydrogens (tertiary/aromatic N) is 2. The van der Waals surface area contributed by atoms with Crippen molar-refractivity contribution >= 4 is 27.5 Å². The summed E-state index contributed by atoms with van der Waals surface area (Å²) in [6.45, 7) is 0. The summed E-state index contributed by atoms with van der Waals surface area (Å²) in [5.74, 6) is 0. The number of aromatic amines is 1. The Balaban J connectivity index is 1.89. The van der Waals surface area contributed by atoms with Crippen molar-refractivity contribution in [1.29, 1.82) is 0 Å². The van der Waals surface area contributed by atoms with Gasteiger partial charge in [0.25, 0.3) is 5.69 Å². The van der Waals surface area contributed by atoms with E-state index in [1.807, 2.05) is 30.3 Å². The Kier molecular flexibility index (Phi) is 3.05. The van der Waals surface area contributed by atoms with E-state index in [2.05, 4.69) is 16.0 Å². The van der Waals surface area contributed by atoms with Crippen LogP contribution >= 0.6 is 0 Å². The highest BCUT2D eigenvalue weighted by Gasteiger charge is 2.16. The Morgan fingerprint density at radius 3 is 2.65 bits per heavy atom. The van der Waals surface area contributed by atoms with Gasteiger partial charge >= 0.3 is 0 Å². The molecule has 0 radical (unpaired) electrons. The highest BCUT2D eigenvalue weighted by molar-refractivity contribution is 6.07. The SMILES string of the molecule is O=[N+]([O-])c1ccccc1Cc1nccc2c1[nH]c1ccccc12. The van der Waals surface area contributed by atoms with Crippen molar-refractivity contribution < 1.29 is 4.92 Å². The fraction of sp³-hybridized carbons (Fsp3) is 0.0556. The molecule has 1 N–H and O–H groups in total. The molecule has 2 aromatic heterocycles. The summed E-state index contributed by atoms with van der Waals surface area (Å²) >= 11 is 0. The first kappa shape index (κ1) is 13.5. The van der Waals surface area contributed by atoms with Gasteiger partial charge in [-0.25, -0.2) is 0 Å². The molecule has 5 heteroatoms. The van der Waals surface area contributed by atoms with Gasteiger partial charge in [0.15, 0.2) is 0 Å². The third-order valence-corrected chi connectivity index (χ3v) is 4.05. The molecule has 112 valence electrons. The molecule has 0 aliphatic rings. The van der Waals surface area contributed by atoms with E-state index in [1.165, 1.54) is 6.07 Å². The second-order valence-corrected chi connectivity index (χ2v) is 5.41. The van der Waals surface area contributed by atoms with Gasteiger partial charge in [0.2, 0.25) is 0 Å². The highest BCUT2D eigenvalue weighted by atomic mass is 16.6. The number of benzene rings is 2. The van der Waals surface area contributed by atoms with Gasteiger partial charge in [0.05, 0.1) is 16.1 Å². The maximum atomic E-state index is 11.2. The molecule has 0 atom stereocenters. The van der Waals surface area contributed by atoms with Crippen molar-refractivity contribution in [2.24, 2.45) is 0 Å². The molecule has 0 aliphatic heterocycles. The molecule has 0 fully saturated rings. The summed E-state index contributed by atoms with van der Waals surface area (Å²) in [7, 11) is 0. The number of rotatable bonds is 3. The molecule has 0 spiro atoms. The van der Waals surface area contributed by atoms with Gasteiger partial charge in [-0.3, -0.25) is 15.1 Å². The Hall–Kier alpha value is -3.21. The zero-order chi connectivity index (χ0) is 15.8. The van der Waals surface area contributed by atoms with E-state index in [4.69, 9.17) is 0 Å². The lowest BCUT2D eigenvalue weighted by Gasteiger charge is -2.04. The van der Waals surface area contributed by atoms with Gasteiger partial charge in [-0.15, -0.1) is 0 Å². The number of H-pyrrole nitrogens is 1. The topological polar surface area (TPSA) is 71.8 Å². The number of nitro benzene ring substituents is 1. The molecule has 2 heterocycles. The van der Waals surface area contributed by atoms with E-state index in [0.717, 1.165) is 27.5 Å². The molecule has 2 aromatic carbocycles. The van der Waals surface area contributed by atoms with Crippen LogP contribution in [0.1, 0.15) is 11.3 Å². The molecule has 0 amide bonds. The molecule has 4 aromatic rings. The fourth-order valence-electron chi connectivity index (χ4n) is 2.98. The van der Waals surface area contributed by atoms with Crippen LogP contribution in [0, 0.1) is 10.1 Å². The summed E-state index contributed by atoms with van der Waals surface area (Å²) < 4.78 is 0. The predicted octanol–water partition coefficient (Wildman–Crippen LogP) is 4.22. The number of nitro groups is 1. The molecule has 0 bridgehead atoms. The molecule has 0 saturated heterocycles. The van der Waals surface area contributed by atoms with Gasteiger partial charge < -0.3 is 4.98 Å². The lowest BCUT2D eigenvalue weighted by atomic mass is 10.1. The predicted molar refractivity (Wildman–Crippen MR) is 89.5 cm³/mol. The Morgan fingerprint density at radius 1 is 1.00 bits per heavy atom. The highest BCUT2D eigenvalue weighted by Crippen LogP contribution is 2.29. The lowest BCUT2D eigenvalue weighted by molar-refractivity contribution is -0.385. The summed E-state index contributed by atoms with van der Waals surface area (Å²) in [5.41, 5.74) is 3.58. The maximum Gasteiger partial charge on any atom is 0.272 e. The standard InChI is InChI=1S/C18H13N3O2/c22-21(23)17-8-4-1-5-12(17)11-16-18-14(9-10-19-16)13-6-2-3-7-15(13)20-18/h1-10,20H,11H2. The van der Waals surface area contributed by atoms with E-state index < -0.39 is 0 Å². The zero-order valence-corrected chi connectivity index (χ0v) is 12.2. The first-order valence-corrected chi connectivity index (χ1v) is 7.30. The molecular weight excluding hydrogens is 290 g/mol. The maximum absolute atomic E-state index is 11.2. The number of hydrogen-bond donors (Lipinski definition) is 1. The third-order valence-electron chi connectivity index (χ3n) is 4.05. The van der Waals surface area contributed by atoms with Crippen molar-refractivity contribution in [3.05, 3.63) is 82.2 Å². The van der Waals surface area contributed by atoms with Gasteiger partial charge in [-0.2, -0.15) is 0 Å². The van der Waals surface area contributed by atoms with Crippen LogP contribution in [0.2, 0.25) is 0 Å². The van der Waals surface area contributed by atoms with Gasteiger partial charge in [-0.1, -0.05) is 36.4 Å². The minimum absolute atomic E-state index is 0.127. The molecule has 0 saturated carbocycles. The molecule has 0 unspecified atom stereocenters. The third kappa shape index (κ3) is 2.23. The number of para-hydroxylation sites is 2. The Morgan fingerprint density at radius 2 is 1.78 bits per heavy atom. The van der Waals surface area contributed by atoms with Crippen molar-refractivity contribution in [2.45, 2.75) is 6.42 Å². The quantitative estimate of drug-likeness (QED) is 0.455. The van der Waals surface area contributed by atoms with E-state index in [9.17, 15) is 10.1 Å². The average molecular weight is 303 g/mol. The summed E-state index contributed by atoms with van der Waals surface area (Å²) in [6, 6.07) is 16.8. The summed E-state index contributed by atoms with van der Waals surface area (Å²) in [4.78, 5) is 18.7. The number of nitrogens with one attached hydrogen (secondary N) is 1. The second-order valence-electron chi connectivity index (χ2n) is 5.41. The zero-order valence-electron chi connectivity index (χ0n) is 12.2. The Bertz CT molecular complexity index is 1040. The van der Waals surface area contributed by atoms with E-state index in [-0.39, 0.29) is 10.6 Å². The fourth-order valence-corrected chi connectivity index (χ4v) is 2.98. The minimum atomic E-state index is -0.347. The van der Waals surface area contributed by atoms with Crippen LogP contribution in [-0.4, -0.2) is 14.9 Å². The summed E-state index contributed by atoms with van der Waals surface area (Å²) in [5, 5.41) is 13.4. The van der Waals surface area contributed by atoms with Crippen LogP contribution in [0.15, 0.2) is 60.8 Å². The van der Waals surface area contributed by atoms with Gasteiger partial charge in [-0.05, 0) is 12.1 Å². The molecule has 0 aliphatic carbocycles. The first-order chi connectivity index (χ1) is 11.2. The Labute approximate surface area is 131 Å². The van der Waals surface area contributed by atoms with Gasteiger partial charge in [0, 0.05) is 40.5 Å². The molecule has 4 rings (SSSR count). The summed E-state index contributed by atoms with van der Waals surface area (Å²) in [6.07, 6.45) is 2.17. The number of hydrogen-bond acceptors (Lipinski definition) is 3. The van der Waals surface area contributed by atoms with Crippen LogP contribution in [0.25, 0.3) is 21.8 Å². The smallest absolute Gasteiger partial charge is 0.272 e. The van der Waals surface area contributed by atoms with E-state index in [1.54, 1.807) is 18.3 Å². The van der Waals surface area contributed by atoms with Crippen molar-refractivity contribution in [2.75, 3.05) is 0 Å². The van der Waals surface area contributed by atoms with Crippen LogP contribution in [0.3, 0.4) is 0 Å². The minimum Gasteiger partial charge on any atom is -0.353 e. The number of fused-ring (bicyclic) bond motifs is 3. The first-order valence-electron chi connectivity index (χ1n) is 7.30. The lowest BCUT2D eigenvalue weighted by Crippen LogP contribution is -1.98. The van der Waals surface area contributed by atoms with E-state index >= 15 is 0 Å². The molecule has 23 heavy (non-hydrogen) atoms. The van der Waals surface area contributed by atoms with Crippen LogP contribution < -0.4 is 0 Å².